The third-order valence-electron chi connectivity index (χ3n) is 1.90. The van der Waals surface area contributed by atoms with Crippen molar-refractivity contribution in [2.24, 2.45) is 5.73 Å². The van der Waals surface area contributed by atoms with Crippen LogP contribution in [0.4, 0.5) is 4.39 Å². The molecule has 0 amide bonds. The average molecular weight is 264 g/mol. The maximum absolute atomic E-state index is 12.3. The molecule has 5 heteroatoms. The van der Waals surface area contributed by atoms with E-state index in [0.29, 0.717) is 0 Å². The van der Waals surface area contributed by atoms with E-state index in [1.54, 1.807) is 0 Å². The van der Waals surface area contributed by atoms with Crippen LogP contribution in [0.3, 0.4) is 0 Å². The van der Waals surface area contributed by atoms with E-state index in [4.69, 9.17) is 10.2 Å². The van der Waals surface area contributed by atoms with E-state index >= 15 is 0 Å². The molecule has 0 radical (unpaired) electrons. The lowest BCUT2D eigenvalue weighted by Crippen LogP contribution is -2.29. The minimum atomic E-state index is -1.56. The van der Waals surface area contributed by atoms with Gasteiger partial charge in [0.1, 0.15) is 12.4 Å². The van der Waals surface area contributed by atoms with Gasteiger partial charge in [-0.05, 0) is 37.3 Å². The number of hydrogen-bond acceptors (Lipinski definition) is 2. The highest BCUT2D eigenvalue weighted by Gasteiger charge is 2.16. The maximum Gasteiger partial charge on any atom is 0.242 e. The van der Waals surface area contributed by atoms with Gasteiger partial charge in [-0.25, -0.2) is 4.39 Å². The topological polar surface area (TPSA) is 35.2 Å². The van der Waals surface area contributed by atoms with Crippen molar-refractivity contribution in [3.63, 3.8) is 0 Å². The van der Waals surface area contributed by atoms with Gasteiger partial charge in [-0.3, -0.25) is 0 Å². The van der Waals surface area contributed by atoms with Crippen molar-refractivity contribution in [2.75, 3.05) is 6.67 Å². The fraction of sp³-hybridized carbons (Fsp3) is 0.455. The Balaban J connectivity index is 0.00000225. The van der Waals surface area contributed by atoms with Crippen LogP contribution in [0, 0.1) is 0 Å². The molecule has 1 aromatic carbocycles. The summed E-state index contributed by atoms with van der Waals surface area (Å²) in [7, 11) is -1.56. The first-order valence-electron chi connectivity index (χ1n) is 5.03. The first-order valence-corrected chi connectivity index (χ1v) is 8.44. The SMILES string of the molecule is C[Si](C)(C)Oc1ccc([C@H](N)CF)cc1.Cl. The number of halogens is 2. The lowest BCUT2D eigenvalue weighted by molar-refractivity contribution is 0.437. The van der Waals surface area contributed by atoms with Gasteiger partial charge in [-0.15, -0.1) is 12.4 Å². The molecule has 92 valence electrons. The third kappa shape index (κ3) is 4.96. The molecule has 1 atom stereocenters. The van der Waals surface area contributed by atoms with Gasteiger partial charge in [-0.2, -0.15) is 0 Å². The Morgan fingerprint density at radius 3 is 2.12 bits per heavy atom. The summed E-state index contributed by atoms with van der Waals surface area (Å²) < 4.78 is 18.1. The van der Waals surface area contributed by atoms with Crippen molar-refractivity contribution in [3.05, 3.63) is 29.8 Å². The van der Waals surface area contributed by atoms with E-state index in [2.05, 4.69) is 19.6 Å². The standard InChI is InChI=1S/C11H18FNOSi.ClH/c1-15(2,3)14-10-6-4-9(5-7-10)11(13)8-12;/h4-7,11H,8,13H2,1-3H3;1H/t11-;/m1./s1. The molecule has 1 rings (SSSR count). The predicted molar refractivity (Wildman–Crippen MR) is 70.6 cm³/mol. The largest absolute Gasteiger partial charge is 0.544 e. The fourth-order valence-electron chi connectivity index (χ4n) is 1.23. The summed E-state index contributed by atoms with van der Waals surface area (Å²) in [5.74, 6) is 0.837. The van der Waals surface area contributed by atoms with E-state index < -0.39 is 21.0 Å². The summed E-state index contributed by atoms with van der Waals surface area (Å²) >= 11 is 0. The Kier molecular flexibility index (Phi) is 6.00. The molecular formula is C11H19ClFNOSi. The normalized spacial score (nSPS) is 12.8. The number of rotatable bonds is 4. The Morgan fingerprint density at radius 1 is 1.25 bits per heavy atom. The van der Waals surface area contributed by atoms with Gasteiger partial charge in [-0.1, -0.05) is 12.1 Å². The Labute approximate surface area is 104 Å². The highest BCUT2D eigenvalue weighted by molar-refractivity contribution is 6.70. The summed E-state index contributed by atoms with van der Waals surface area (Å²) in [6.45, 7) is 5.82. The van der Waals surface area contributed by atoms with Crippen LogP contribution in [0.1, 0.15) is 11.6 Å². The van der Waals surface area contributed by atoms with Crippen LogP contribution in [0.5, 0.6) is 5.75 Å². The van der Waals surface area contributed by atoms with Gasteiger partial charge in [0.25, 0.3) is 0 Å². The molecule has 2 N–H and O–H groups in total. The molecule has 0 aliphatic heterocycles. The molecule has 0 saturated heterocycles. The molecule has 2 nitrogen and oxygen atoms in total. The summed E-state index contributed by atoms with van der Waals surface area (Å²) in [6, 6.07) is 6.82. The number of hydrogen-bond donors (Lipinski definition) is 1. The first-order chi connectivity index (χ1) is 6.92. The van der Waals surface area contributed by atoms with Gasteiger partial charge in [0.15, 0.2) is 0 Å². The zero-order valence-electron chi connectivity index (χ0n) is 9.87. The van der Waals surface area contributed by atoms with Crippen LogP contribution in [0.25, 0.3) is 0 Å². The molecular weight excluding hydrogens is 245 g/mol. The third-order valence-corrected chi connectivity index (χ3v) is 2.75. The molecule has 0 spiro atoms. The van der Waals surface area contributed by atoms with Gasteiger partial charge in [0, 0.05) is 0 Å². The van der Waals surface area contributed by atoms with Crippen LogP contribution >= 0.6 is 12.4 Å². The zero-order chi connectivity index (χ0) is 11.5. The minimum absolute atomic E-state index is 0. The minimum Gasteiger partial charge on any atom is -0.544 e. The Hall–Kier alpha value is -0.583. The van der Waals surface area contributed by atoms with Crippen molar-refractivity contribution in [2.45, 2.75) is 25.7 Å². The van der Waals surface area contributed by atoms with E-state index in [9.17, 15) is 4.39 Å². The monoisotopic (exact) mass is 263 g/mol. The summed E-state index contributed by atoms with van der Waals surface area (Å²) in [4.78, 5) is 0. The molecule has 0 saturated carbocycles. The molecule has 0 aliphatic carbocycles. The van der Waals surface area contributed by atoms with E-state index in [1.807, 2.05) is 24.3 Å². The molecule has 0 aliphatic rings. The smallest absolute Gasteiger partial charge is 0.242 e. The van der Waals surface area contributed by atoms with Crippen LogP contribution in [-0.2, 0) is 0 Å². The van der Waals surface area contributed by atoms with Crippen LogP contribution in [0.15, 0.2) is 24.3 Å². The van der Waals surface area contributed by atoms with E-state index in [-0.39, 0.29) is 12.4 Å². The van der Waals surface area contributed by atoms with Gasteiger partial charge >= 0.3 is 0 Å². The van der Waals surface area contributed by atoms with E-state index in [1.165, 1.54) is 0 Å². The molecule has 1 aromatic rings. The van der Waals surface area contributed by atoms with Crippen molar-refractivity contribution >= 4 is 20.7 Å². The van der Waals surface area contributed by atoms with Crippen LogP contribution in [0.2, 0.25) is 19.6 Å². The number of benzene rings is 1. The second kappa shape index (κ2) is 6.23. The second-order valence-electron chi connectivity index (χ2n) is 4.54. The highest BCUT2D eigenvalue weighted by atomic mass is 35.5. The van der Waals surface area contributed by atoms with Gasteiger partial charge < -0.3 is 10.2 Å². The predicted octanol–water partition coefficient (Wildman–Crippen LogP) is 3.29. The summed E-state index contributed by atoms with van der Waals surface area (Å²) in [5.41, 5.74) is 6.37. The lowest BCUT2D eigenvalue weighted by atomic mass is 10.1. The maximum atomic E-state index is 12.3. The highest BCUT2D eigenvalue weighted by Crippen LogP contribution is 2.19. The van der Waals surface area contributed by atoms with Gasteiger partial charge in [0.05, 0.1) is 6.04 Å². The van der Waals surface area contributed by atoms with Crippen molar-refractivity contribution in [3.8, 4) is 5.75 Å². The Morgan fingerprint density at radius 2 is 1.75 bits per heavy atom. The summed E-state index contributed by atoms with van der Waals surface area (Å²) in [5, 5.41) is 0. The lowest BCUT2D eigenvalue weighted by Gasteiger charge is -2.19. The fourth-order valence-corrected chi connectivity index (χ4v) is 2.07. The van der Waals surface area contributed by atoms with Crippen molar-refractivity contribution in [1.82, 2.24) is 0 Å². The van der Waals surface area contributed by atoms with E-state index in [0.717, 1.165) is 11.3 Å². The second-order valence-corrected chi connectivity index (χ2v) is 8.97. The zero-order valence-corrected chi connectivity index (χ0v) is 11.7. The summed E-state index contributed by atoms with van der Waals surface area (Å²) in [6.07, 6.45) is 0. The Bertz CT molecular complexity index is 313. The van der Waals surface area contributed by atoms with Crippen LogP contribution in [-0.4, -0.2) is 15.0 Å². The molecule has 0 fully saturated rings. The average Bonchev–Trinajstić information content (AvgIpc) is 2.15. The van der Waals surface area contributed by atoms with Gasteiger partial charge in [0.2, 0.25) is 8.32 Å². The number of nitrogens with two attached hydrogens (primary N) is 1. The molecule has 0 unspecified atom stereocenters. The van der Waals surface area contributed by atoms with Crippen molar-refractivity contribution < 1.29 is 8.82 Å². The van der Waals surface area contributed by atoms with Crippen molar-refractivity contribution in [1.29, 1.82) is 0 Å². The van der Waals surface area contributed by atoms with Crippen LogP contribution < -0.4 is 10.2 Å². The number of alkyl halides is 1. The molecule has 0 bridgehead atoms. The molecule has 0 heterocycles. The molecule has 0 aromatic heterocycles. The molecule has 16 heavy (non-hydrogen) atoms. The quantitative estimate of drug-likeness (QED) is 0.846. The first kappa shape index (κ1) is 15.4.